The Kier molecular flexibility index (Phi) is 2.01. The molecule has 0 atom stereocenters. The second-order valence-corrected chi connectivity index (χ2v) is 5.03. The van der Waals surface area contributed by atoms with E-state index in [9.17, 15) is 4.79 Å². The molecule has 0 amide bonds. The van der Waals surface area contributed by atoms with Gasteiger partial charge in [0, 0.05) is 6.07 Å². The number of anilines is 1. The molecule has 7 heteroatoms. The lowest BCUT2D eigenvalue weighted by atomic mass is 10.3. The molecule has 0 unspecified atom stereocenters. The first-order valence-corrected chi connectivity index (χ1v) is 6.14. The molecule has 16 heavy (non-hydrogen) atoms. The third-order valence-electron chi connectivity index (χ3n) is 2.03. The number of rotatable bonds is 1. The maximum Gasteiger partial charge on any atom is 0.275 e. The van der Waals surface area contributed by atoms with E-state index in [0.717, 1.165) is 4.88 Å². The first-order chi connectivity index (χ1) is 7.74. The Morgan fingerprint density at radius 2 is 2.31 bits per heavy atom. The summed E-state index contributed by atoms with van der Waals surface area (Å²) in [5, 5.41) is 6.16. The second kappa shape index (κ2) is 3.39. The van der Waals surface area contributed by atoms with Crippen LogP contribution < -0.4 is 11.3 Å². The van der Waals surface area contributed by atoms with Crippen LogP contribution >= 0.6 is 22.7 Å². The zero-order chi connectivity index (χ0) is 11.1. The van der Waals surface area contributed by atoms with E-state index in [1.54, 1.807) is 11.3 Å². The van der Waals surface area contributed by atoms with Gasteiger partial charge in [-0.1, -0.05) is 17.4 Å². The van der Waals surface area contributed by atoms with Crippen molar-refractivity contribution in [3.05, 3.63) is 33.9 Å². The Bertz CT molecular complexity index is 698. The van der Waals surface area contributed by atoms with Gasteiger partial charge in [-0.25, -0.2) is 4.98 Å². The van der Waals surface area contributed by atoms with Gasteiger partial charge in [-0.2, -0.15) is 4.52 Å². The Morgan fingerprint density at radius 1 is 1.44 bits per heavy atom. The standard InChI is InChI=1S/C9H6N4OS2/c10-8-12-13-7(14)4-5(11-9(13)16-8)6-2-1-3-15-6/h1-4H,(H2,10,12). The maximum absolute atomic E-state index is 11.7. The lowest BCUT2D eigenvalue weighted by Crippen LogP contribution is -2.14. The Balaban J connectivity index is 2.33. The smallest absolute Gasteiger partial charge is 0.275 e. The summed E-state index contributed by atoms with van der Waals surface area (Å²) in [5.41, 5.74) is 6.00. The van der Waals surface area contributed by atoms with Gasteiger partial charge in [0.2, 0.25) is 10.1 Å². The molecule has 3 aromatic heterocycles. The number of hydrogen-bond donors (Lipinski definition) is 1. The summed E-state index contributed by atoms with van der Waals surface area (Å²) in [5.74, 6) is 0. The number of nitrogens with zero attached hydrogens (tertiary/aromatic N) is 3. The number of thiophene rings is 1. The van der Waals surface area contributed by atoms with Crippen molar-refractivity contribution in [3.8, 4) is 10.6 Å². The van der Waals surface area contributed by atoms with E-state index >= 15 is 0 Å². The van der Waals surface area contributed by atoms with Gasteiger partial charge in [0.15, 0.2) is 0 Å². The molecular formula is C9H6N4OS2. The lowest BCUT2D eigenvalue weighted by Gasteiger charge is -1.95. The number of hydrogen-bond acceptors (Lipinski definition) is 6. The third-order valence-corrected chi connectivity index (χ3v) is 3.66. The summed E-state index contributed by atoms with van der Waals surface area (Å²) < 4.78 is 1.22. The first-order valence-electron chi connectivity index (χ1n) is 4.44. The molecule has 0 radical (unpaired) electrons. The fourth-order valence-corrected chi connectivity index (χ4v) is 2.73. The average molecular weight is 250 g/mol. The molecule has 0 fully saturated rings. The molecule has 0 spiro atoms. The van der Waals surface area contributed by atoms with Gasteiger partial charge in [-0.3, -0.25) is 4.79 Å². The minimum atomic E-state index is -0.207. The van der Waals surface area contributed by atoms with Crippen LogP contribution in [0.2, 0.25) is 0 Å². The molecule has 0 aliphatic heterocycles. The molecule has 5 nitrogen and oxygen atoms in total. The van der Waals surface area contributed by atoms with Crippen LogP contribution in [0.4, 0.5) is 5.13 Å². The summed E-state index contributed by atoms with van der Waals surface area (Å²) in [6.07, 6.45) is 0. The summed E-state index contributed by atoms with van der Waals surface area (Å²) >= 11 is 2.74. The van der Waals surface area contributed by atoms with Crippen LogP contribution in [0.25, 0.3) is 15.5 Å². The monoisotopic (exact) mass is 250 g/mol. The second-order valence-electron chi connectivity index (χ2n) is 3.09. The Hall–Kier alpha value is -1.73. The van der Waals surface area contributed by atoms with Crippen LogP contribution in [0.15, 0.2) is 28.4 Å². The highest BCUT2D eigenvalue weighted by molar-refractivity contribution is 7.20. The van der Waals surface area contributed by atoms with Crippen molar-refractivity contribution in [3.63, 3.8) is 0 Å². The van der Waals surface area contributed by atoms with Crippen molar-refractivity contribution in [1.82, 2.24) is 14.6 Å². The minimum Gasteiger partial charge on any atom is -0.374 e. The van der Waals surface area contributed by atoms with Crippen LogP contribution in [-0.4, -0.2) is 14.6 Å². The van der Waals surface area contributed by atoms with Gasteiger partial charge < -0.3 is 5.73 Å². The summed E-state index contributed by atoms with van der Waals surface area (Å²) in [4.78, 5) is 17.6. The van der Waals surface area contributed by atoms with Crippen LogP contribution in [0.3, 0.4) is 0 Å². The molecule has 3 rings (SSSR count). The fourth-order valence-electron chi connectivity index (χ4n) is 1.38. The topological polar surface area (TPSA) is 73.3 Å². The van der Waals surface area contributed by atoms with E-state index in [1.807, 2.05) is 17.5 Å². The quantitative estimate of drug-likeness (QED) is 0.709. The predicted molar refractivity (Wildman–Crippen MR) is 64.9 cm³/mol. The van der Waals surface area contributed by atoms with Gasteiger partial charge in [0.05, 0.1) is 10.6 Å². The van der Waals surface area contributed by atoms with Gasteiger partial charge in [-0.05, 0) is 11.4 Å². The van der Waals surface area contributed by atoms with Gasteiger partial charge >= 0.3 is 0 Å². The van der Waals surface area contributed by atoms with E-state index < -0.39 is 0 Å². The van der Waals surface area contributed by atoms with Crippen molar-refractivity contribution in [2.24, 2.45) is 0 Å². The van der Waals surface area contributed by atoms with Gasteiger partial charge in [0.25, 0.3) is 5.56 Å². The molecule has 3 aromatic rings. The molecule has 80 valence electrons. The third kappa shape index (κ3) is 1.41. The molecule has 0 bridgehead atoms. The lowest BCUT2D eigenvalue weighted by molar-refractivity contribution is 0.907. The van der Waals surface area contributed by atoms with Gasteiger partial charge in [-0.15, -0.1) is 16.4 Å². The average Bonchev–Trinajstić information content (AvgIpc) is 2.84. The number of aromatic nitrogens is 3. The summed E-state index contributed by atoms with van der Waals surface area (Å²) in [6.45, 7) is 0. The Labute approximate surface area is 97.8 Å². The molecule has 0 aliphatic rings. The number of fused-ring (bicyclic) bond motifs is 1. The molecule has 0 saturated heterocycles. The first kappa shape index (κ1) is 9.49. The highest BCUT2D eigenvalue weighted by Gasteiger charge is 2.08. The molecule has 0 saturated carbocycles. The predicted octanol–water partition coefficient (Wildman–Crippen LogP) is 1.46. The van der Waals surface area contributed by atoms with E-state index in [-0.39, 0.29) is 5.56 Å². The SMILES string of the molecule is Nc1nn2c(=O)cc(-c3cccs3)nc2s1. The normalized spacial score (nSPS) is 11.0. The van der Waals surface area contributed by atoms with Crippen molar-refractivity contribution in [1.29, 1.82) is 0 Å². The molecule has 0 aromatic carbocycles. The summed E-state index contributed by atoms with van der Waals surface area (Å²) in [7, 11) is 0. The maximum atomic E-state index is 11.7. The number of nitrogens with two attached hydrogens (primary N) is 1. The van der Waals surface area contributed by atoms with Crippen LogP contribution in [0.5, 0.6) is 0 Å². The van der Waals surface area contributed by atoms with E-state index in [0.29, 0.717) is 15.8 Å². The largest absolute Gasteiger partial charge is 0.374 e. The summed E-state index contributed by atoms with van der Waals surface area (Å²) in [6, 6.07) is 5.32. The van der Waals surface area contributed by atoms with Gasteiger partial charge in [0.1, 0.15) is 0 Å². The Morgan fingerprint density at radius 3 is 3.06 bits per heavy atom. The molecule has 2 N–H and O–H groups in total. The van der Waals surface area contributed by atoms with Crippen LogP contribution in [0, 0.1) is 0 Å². The highest BCUT2D eigenvalue weighted by atomic mass is 32.1. The van der Waals surface area contributed by atoms with Crippen molar-refractivity contribution in [2.75, 3.05) is 5.73 Å². The zero-order valence-corrected chi connectivity index (χ0v) is 9.59. The molecular weight excluding hydrogens is 244 g/mol. The minimum absolute atomic E-state index is 0.207. The van der Waals surface area contributed by atoms with Crippen LogP contribution in [-0.2, 0) is 0 Å². The molecule has 0 aliphatic carbocycles. The zero-order valence-electron chi connectivity index (χ0n) is 7.95. The van der Waals surface area contributed by atoms with E-state index in [1.165, 1.54) is 21.9 Å². The number of nitrogen functional groups attached to an aromatic ring is 1. The van der Waals surface area contributed by atoms with E-state index in [2.05, 4.69) is 10.1 Å². The highest BCUT2D eigenvalue weighted by Crippen LogP contribution is 2.23. The van der Waals surface area contributed by atoms with Crippen molar-refractivity contribution in [2.45, 2.75) is 0 Å². The van der Waals surface area contributed by atoms with Crippen LogP contribution in [0.1, 0.15) is 0 Å². The fraction of sp³-hybridized carbons (Fsp3) is 0. The molecule has 3 heterocycles. The van der Waals surface area contributed by atoms with E-state index in [4.69, 9.17) is 5.73 Å². The van der Waals surface area contributed by atoms with Crippen molar-refractivity contribution < 1.29 is 0 Å². The van der Waals surface area contributed by atoms with Crippen molar-refractivity contribution >= 4 is 32.8 Å².